The lowest BCUT2D eigenvalue weighted by Crippen LogP contribution is -2.42. The molecule has 0 radical (unpaired) electrons. The Kier molecular flexibility index (Phi) is 4.42. The predicted molar refractivity (Wildman–Crippen MR) is 104 cm³/mol. The molecule has 0 fully saturated rings. The first-order valence-electron chi connectivity index (χ1n) is 9.75. The van der Waals surface area contributed by atoms with Crippen molar-refractivity contribution in [1.82, 2.24) is 4.57 Å². The molecule has 1 N–H and O–H groups in total. The van der Waals surface area contributed by atoms with E-state index in [1.807, 2.05) is 16.8 Å². The first-order valence-corrected chi connectivity index (χ1v) is 9.75. The van der Waals surface area contributed by atoms with E-state index >= 15 is 0 Å². The maximum atomic E-state index is 13.3. The molecule has 1 aromatic heterocycles. The maximum Gasteiger partial charge on any atom is 0.266 e. The fourth-order valence-electron chi connectivity index (χ4n) is 3.97. The van der Waals surface area contributed by atoms with Gasteiger partial charge in [0.05, 0.1) is 13.0 Å². The highest BCUT2D eigenvalue weighted by molar-refractivity contribution is 5.90. The zero-order chi connectivity index (χ0) is 19.8. The summed E-state index contributed by atoms with van der Waals surface area (Å²) in [5.74, 6) is 2.08. The molecule has 0 atom stereocenters. The van der Waals surface area contributed by atoms with Crippen molar-refractivity contribution in [1.29, 1.82) is 0 Å². The Bertz CT molecular complexity index is 1080. The summed E-state index contributed by atoms with van der Waals surface area (Å²) in [5, 5.41) is 2.93. The van der Waals surface area contributed by atoms with Crippen LogP contribution in [0, 0.1) is 5.82 Å². The highest BCUT2D eigenvalue weighted by atomic mass is 19.1. The van der Waals surface area contributed by atoms with E-state index in [2.05, 4.69) is 9.88 Å². The second-order valence-corrected chi connectivity index (χ2v) is 7.23. The van der Waals surface area contributed by atoms with Gasteiger partial charge in [-0.05, 0) is 42.8 Å². The van der Waals surface area contributed by atoms with Gasteiger partial charge in [-0.2, -0.15) is 0 Å². The van der Waals surface area contributed by atoms with Crippen LogP contribution in [0.15, 0.2) is 48.7 Å². The zero-order valence-electron chi connectivity index (χ0n) is 15.9. The van der Waals surface area contributed by atoms with Gasteiger partial charge in [0.2, 0.25) is 0 Å². The van der Waals surface area contributed by atoms with Crippen LogP contribution in [0.5, 0.6) is 11.5 Å². The molecule has 2 aromatic carbocycles. The number of nitrogens with zero attached hydrogens (tertiary/aromatic N) is 2. The number of carbonyl (C=O) groups excluding carboxylic acids is 1. The van der Waals surface area contributed by atoms with Crippen molar-refractivity contribution in [2.75, 3.05) is 18.5 Å². The Balaban J connectivity index is 1.36. The Morgan fingerprint density at radius 3 is 2.72 bits per heavy atom. The Hall–Kier alpha value is -3.35. The minimum atomic E-state index is -0.256. The molecule has 3 aromatic rings. The van der Waals surface area contributed by atoms with E-state index in [0.717, 1.165) is 36.5 Å². The number of halogens is 1. The summed E-state index contributed by atoms with van der Waals surface area (Å²) < 4.78 is 28.6. The van der Waals surface area contributed by atoms with Crippen LogP contribution in [0.1, 0.15) is 12.2 Å². The predicted octanol–water partition coefficient (Wildman–Crippen LogP) is 2.94. The van der Waals surface area contributed by atoms with Gasteiger partial charge in [0.25, 0.3) is 11.7 Å². The minimum Gasteiger partial charge on any atom is -0.486 e. The van der Waals surface area contributed by atoms with E-state index in [1.54, 1.807) is 24.3 Å². The average molecular weight is 394 g/mol. The van der Waals surface area contributed by atoms with E-state index < -0.39 is 0 Å². The fraction of sp³-hybridized carbons (Fsp3) is 0.273. The third kappa shape index (κ3) is 3.44. The Morgan fingerprint density at radius 1 is 1.10 bits per heavy atom. The van der Waals surface area contributed by atoms with Crippen molar-refractivity contribution >= 4 is 11.6 Å². The quantitative estimate of drug-likeness (QED) is 0.693. The smallest absolute Gasteiger partial charge is 0.266 e. The standard InChI is InChI=1S/C22H20FN3O3/c23-16-5-3-15(4-6-16)18-13-25(22-2-1-9-26(18)22)14-21(27)24-17-7-8-19-20(12-17)29-11-10-28-19/h3-8,12-13H,1-2,9-11,14H2/p+1. The maximum absolute atomic E-state index is 13.3. The summed E-state index contributed by atoms with van der Waals surface area (Å²) in [7, 11) is 0. The van der Waals surface area contributed by atoms with Crippen LogP contribution < -0.4 is 19.4 Å². The number of benzene rings is 2. The average Bonchev–Trinajstić information content (AvgIpc) is 3.33. The molecular weight excluding hydrogens is 373 g/mol. The molecule has 6 nitrogen and oxygen atoms in total. The van der Waals surface area contributed by atoms with E-state index in [-0.39, 0.29) is 18.3 Å². The number of carbonyl (C=O) groups is 1. The second-order valence-electron chi connectivity index (χ2n) is 7.23. The number of rotatable bonds is 4. The van der Waals surface area contributed by atoms with Crippen LogP contribution in [-0.4, -0.2) is 23.7 Å². The van der Waals surface area contributed by atoms with Gasteiger partial charge in [0, 0.05) is 17.3 Å². The molecule has 0 spiro atoms. The molecule has 7 heteroatoms. The van der Waals surface area contributed by atoms with Gasteiger partial charge in [-0.25, -0.2) is 13.5 Å². The van der Waals surface area contributed by atoms with Gasteiger partial charge in [0.15, 0.2) is 23.7 Å². The van der Waals surface area contributed by atoms with E-state index in [4.69, 9.17) is 9.47 Å². The van der Waals surface area contributed by atoms with Crippen molar-refractivity contribution in [3.63, 3.8) is 0 Å². The van der Waals surface area contributed by atoms with Crippen molar-refractivity contribution in [3.8, 4) is 22.8 Å². The van der Waals surface area contributed by atoms with Crippen LogP contribution in [0.25, 0.3) is 11.3 Å². The molecule has 0 bridgehead atoms. The molecule has 0 unspecified atom stereocenters. The van der Waals surface area contributed by atoms with E-state index in [9.17, 15) is 9.18 Å². The molecule has 0 saturated heterocycles. The van der Waals surface area contributed by atoms with Crippen molar-refractivity contribution < 1.29 is 23.2 Å². The molecular formula is C22H21FN3O3+. The van der Waals surface area contributed by atoms with Gasteiger partial charge in [-0.1, -0.05) is 0 Å². The lowest BCUT2D eigenvalue weighted by Gasteiger charge is -2.18. The highest BCUT2D eigenvalue weighted by Crippen LogP contribution is 2.32. The molecule has 1 amide bonds. The first-order chi connectivity index (χ1) is 14.2. The third-order valence-corrected chi connectivity index (χ3v) is 5.27. The van der Waals surface area contributed by atoms with Gasteiger partial charge >= 0.3 is 0 Å². The second kappa shape index (κ2) is 7.24. The molecule has 3 heterocycles. The van der Waals surface area contributed by atoms with Crippen molar-refractivity contribution in [3.05, 3.63) is 60.3 Å². The fourth-order valence-corrected chi connectivity index (χ4v) is 3.97. The van der Waals surface area contributed by atoms with Gasteiger partial charge in [0.1, 0.15) is 25.2 Å². The summed E-state index contributed by atoms with van der Waals surface area (Å²) in [5.41, 5.74) is 2.62. The van der Waals surface area contributed by atoms with Crippen LogP contribution in [0.4, 0.5) is 10.1 Å². The molecule has 148 valence electrons. The van der Waals surface area contributed by atoms with Gasteiger partial charge < -0.3 is 14.8 Å². The van der Waals surface area contributed by atoms with Crippen LogP contribution in [0.2, 0.25) is 0 Å². The van der Waals surface area contributed by atoms with Crippen LogP contribution in [-0.2, 0) is 24.3 Å². The van der Waals surface area contributed by atoms with Crippen LogP contribution >= 0.6 is 0 Å². The van der Waals surface area contributed by atoms with Crippen molar-refractivity contribution in [2.24, 2.45) is 0 Å². The number of imidazole rings is 1. The normalized spacial score (nSPS) is 14.5. The molecule has 2 aliphatic heterocycles. The lowest BCUT2D eigenvalue weighted by atomic mass is 10.1. The zero-order valence-corrected chi connectivity index (χ0v) is 15.9. The third-order valence-electron chi connectivity index (χ3n) is 5.27. The summed E-state index contributed by atoms with van der Waals surface area (Å²) in [6.45, 7) is 2.15. The highest BCUT2D eigenvalue weighted by Gasteiger charge is 2.29. The van der Waals surface area contributed by atoms with Gasteiger partial charge in [-0.15, -0.1) is 0 Å². The van der Waals surface area contributed by atoms with Gasteiger partial charge in [-0.3, -0.25) is 4.79 Å². The molecule has 2 aliphatic rings. The SMILES string of the molecule is O=C(C[n+]1cc(-c2ccc(F)cc2)n2c1CCC2)Nc1ccc2c(c1)OCCO2. The largest absolute Gasteiger partial charge is 0.486 e. The molecule has 29 heavy (non-hydrogen) atoms. The monoisotopic (exact) mass is 394 g/mol. The lowest BCUT2D eigenvalue weighted by molar-refractivity contribution is -0.690. The van der Waals surface area contributed by atoms with E-state index in [0.29, 0.717) is 30.4 Å². The number of amides is 1. The number of fused-ring (bicyclic) bond motifs is 2. The number of hydrogen-bond acceptors (Lipinski definition) is 3. The Morgan fingerprint density at radius 2 is 1.90 bits per heavy atom. The number of ether oxygens (including phenoxy) is 2. The summed E-state index contributed by atoms with van der Waals surface area (Å²) in [6.07, 6.45) is 3.93. The molecule has 0 saturated carbocycles. The number of nitrogens with one attached hydrogen (secondary N) is 1. The number of hydrogen-bond donors (Lipinski definition) is 1. The minimum absolute atomic E-state index is 0.113. The summed E-state index contributed by atoms with van der Waals surface area (Å²) >= 11 is 0. The van der Waals surface area contributed by atoms with E-state index in [1.165, 1.54) is 12.1 Å². The molecule has 0 aliphatic carbocycles. The first kappa shape index (κ1) is 17.7. The topological polar surface area (TPSA) is 56.4 Å². The molecule has 5 rings (SSSR count). The number of anilines is 1. The summed E-state index contributed by atoms with van der Waals surface area (Å²) in [6, 6.07) is 11.9. The Labute approximate surface area is 167 Å². The number of aromatic nitrogens is 2. The summed E-state index contributed by atoms with van der Waals surface area (Å²) in [4.78, 5) is 12.7. The van der Waals surface area contributed by atoms with Crippen LogP contribution in [0.3, 0.4) is 0 Å². The van der Waals surface area contributed by atoms with Crippen molar-refractivity contribution in [2.45, 2.75) is 25.9 Å².